The van der Waals surface area contributed by atoms with Crippen molar-refractivity contribution in [2.45, 2.75) is 19.3 Å². The van der Waals surface area contributed by atoms with Crippen LogP contribution in [-0.2, 0) is 13.2 Å². The van der Waals surface area contributed by atoms with Crippen LogP contribution in [0.15, 0.2) is 49.1 Å². The van der Waals surface area contributed by atoms with Gasteiger partial charge in [0, 0.05) is 24.2 Å². The third-order valence-electron chi connectivity index (χ3n) is 3.51. The smallest absolute Gasteiger partial charge is 0.408 e. The molecule has 0 radical (unpaired) electrons. The zero-order chi connectivity index (χ0) is 18.6. The van der Waals surface area contributed by atoms with Crippen molar-refractivity contribution in [3.8, 4) is 17.1 Å². The lowest BCUT2D eigenvalue weighted by molar-refractivity contribution is -0.142. The molecule has 0 atom stereocenters. The Morgan fingerprint density at radius 2 is 2.00 bits per heavy atom. The van der Waals surface area contributed by atoms with Crippen LogP contribution in [0.1, 0.15) is 15.9 Å². The van der Waals surface area contributed by atoms with Crippen molar-refractivity contribution in [3.05, 3.63) is 60.2 Å². The molecule has 3 aromatic heterocycles. The molecule has 0 fully saturated rings. The van der Waals surface area contributed by atoms with E-state index in [1.807, 2.05) is 0 Å². The first-order valence-electron chi connectivity index (χ1n) is 7.53. The number of hydrogen-bond acceptors (Lipinski definition) is 5. The average Bonchev–Trinajstić information content (AvgIpc) is 3.06. The molecule has 0 amide bonds. The second-order valence-electron chi connectivity index (χ2n) is 5.32. The third-order valence-corrected chi connectivity index (χ3v) is 3.51. The molecule has 3 heterocycles. The molecular weight excluding hydrogens is 349 g/mol. The van der Waals surface area contributed by atoms with E-state index in [2.05, 4.69) is 15.1 Å². The van der Waals surface area contributed by atoms with E-state index in [1.165, 1.54) is 36.9 Å². The van der Waals surface area contributed by atoms with Crippen LogP contribution in [0.2, 0.25) is 0 Å². The van der Waals surface area contributed by atoms with Crippen LogP contribution in [0.4, 0.5) is 13.2 Å². The van der Waals surface area contributed by atoms with Crippen LogP contribution in [0.25, 0.3) is 11.4 Å². The first kappa shape index (κ1) is 17.6. The number of hydrogen-bond donors (Lipinski definition) is 0. The number of pyridine rings is 2. The standard InChI is InChI=1S/C17H13F3N4O2/c18-17(19,20)11-24-14(4-7-23-24)16-13(2-1-5-22-16)10-26-15-8-21-6-3-12(15)9-25/h1-9H,10-11H2. The Morgan fingerprint density at radius 3 is 2.77 bits per heavy atom. The van der Waals surface area contributed by atoms with Crippen molar-refractivity contribution >= 4 is 6.29 Å². The third kappa shape index (κ3) is 4.05. The summed E-state index contributed by atoms with van der Waals surface area (Å²) in [5.74, 6) is 0.279. The molecule has 6 nitrogen and oxygen atoms in total. The number of aromatic nitrogens is 4. The summed E-state index contributed by atoms with van der Waals surface area (Å²) in [6.07, 6.45) is 1.85. The number of carbonyl (C=O) groups is 1. The second kappa shape index (κ2) is 7.34. The van der Waals surface area contributed by atoms with Gasteiger partial charge in [0.15, 0.2) is 6.29 Å². The predicted octanol–water partition coefficient (Wildman–Crippen LogP) is 3.29. The number of alkyl halides is 3. The van der Waals surface area contributed by atoms with Gasteiger partial charge in [0.1, 0.15) is 18.9 Å². The van der Waals surface area contributed by atoms with Gasteiger partial charge in [-0.3, -0.25) is 19.4 Å². The molecule has 0 bridgehead atoms. The highest BCUT2D eigenvalue weighted by atomic mass is 19.4. The minimum absolute atomic E-state index is 0.00685. The summed E-state index contributed by atoms with van der Waals surface area (Å²) < 4.78 is 44.6. The molecule has 0 saturated carbocycles. The van der Waals surface area contributed by atoms with Gasteiger partial charge in [-0.15, -0.1) is 0 Å². The average molecular weight is 362 g/mol. The van der Waals surface area contributed by atoms with Crippen LogP contribution in [0.3, 0.4) is 0 Å². The Labute approximate surface area is 146 Å². The van der Waals surface area contributed by atoms with Crippen LogP contribution in [-0.4, -0.2) is 32.2 Å². The molecule has 0 aliphatic heterocycles. The van der Waals surface area contributed by atoms with Gasteiger partial charge in [-0.2, -0.15) is 18.3 Å². The molecule has 0 unspecified atom stereocenters. The van der Waals surface area contributed by atoms with Gasteiger partial charge in [-0.05, 0) is 18.2 Å². The van der Waals surface area contributed by atoms with E-state index in [0.717, 1.165) is 4.68 Å². The van der Waals surface area contributed by atoms with Gasteiger partial charge in [0.05, 0.1) is 23.1 Å². The Kier molecular flexibility index (Phi) is 4.97. The van der Waals surface area contributed by atoms with E-state index < -0.39 is 12.7 Å². The Hall–Kier alpha value is -3.23. The lowest BCUT2D eigenvalue weighted by atomic mass is 10.1. The zero-order valence-corrected chi connectivity index (χ0v) is 13.3. The molecule has 0 aliphatic rings. The monoisotopic (exact) mass is 362 g/mol. The summed E-state index contributed by atoms with van der Waals surface area (Å²) in [5.41, 5.74) is 1.43. The van der Waals surface area contributed by atoms with Crippen LogP contribution in [0.5, 0.6) is 5.75 Å². The summed E-state index contributed by atoms with van der Waals surface area (Å²) in [6, 6.07) is 6.30. The molecular formula is C17H13F3N4O2. The molecule has 0 aliphatic carbocycles. The largest absolute Gasteiger partial charge is 0.486 e. The van der Waals surface area contributed by atoms with Crippen molar-refractivity contribution in [3.63, 3.8) is 0 Å². The molecule has 134 valence electrons. The number of rotatable bonds is 6. The van der Waals surface area contributed by atoms with Gasteiger partial charge in [0.2, 0.25) is 0 Å². The van der Waals surface area contributed by atoms with Crippen LogP contribution < -0.4 is 4.74 Å². The Morgan fingerprint density at radius 1 is 1.15 bits per heavy atom. The van der Waals surface area contributed by atoms with E-state index >= 15 is 0 Å². The van der Waals surface area contributed by atoms with Crippen molar-refractivity contribution in [2.24, 2.45) is 0 Å². The van der Waals surface area contributed by atoms with Gasteiger partial charge < -0.3 is 4.74 Å². The maximum atomic E-state index is 12.7. The van der Waals surface area contributed by atoms with Gasteiger partial charge in [0.25, 0.3) is 0 Å². The minimum atomic E-state index is -4.40. The molecule has 0 spiro atoms. The summed E-state index contributed by atoms with van der Waals surface area (Å²) in [4.78, 5) is 19.1. The lowest BCUT2D eigenvalue weighted by Gasteiger charge is -2.13. The Bertz CT molecular complexity index is 909. The van der Waals surface area contributed by atoms with Crippen molar-refractivity contribution in [1.29, 1.82) is 0 Å². The topological polar surface area (TPSA) is 69.9 Å². The normalized spacial score (nSPS) is 11.3. The van der Waals surface area contributed by atoms with E-state index in [-0.39, 0.29) is 18.1 Å². The fourth-order valence-corrected chi connectivity index (χ4v) is 2.38. The Balaban J connectivity index is 1.88. The summed E-state index contributed by atoms with van der Waals surface area (Å²) in [7, 11) is 0. The zero-order valence-electron chi connectivity index (χ0n) is 13.3. The molecule has 26 heavy (non-hydrogen) atoms. The van der Waals surface area contributed by atoms with E-state index in [1.54, 1.807) is 12.1 Å². The van der Waals surface area contributed by atoms with E-state index in [4.69, 9.17) is 4.74 Å². The first-order chi connectivity index (χ1) is 12.5. The quantitative estimate of drug-likeness (QED) is 0.630. The van der Waals surface area contributed by atoms with E-state index in [0.29, 0.717) is 23.1 Å². The van der Waals surface area contributed by atoms with Gasteiger partial charge in [-0.25, -0.2) is 0 Å². The van der Waals surface area contributed by atoms with E-state index in [9.17, 15) is 18.0 Å². The highest BCUT2D eigenvalue weighted by molar-refractivity contribution is 5.78. The number of aldehydes is 1. The predicted molar refractivity (Wildman–Crippen MR) is 85.5 cm³/mol. The highest BCUT2D eigenvalue weighted by Crippen LogP contribution is 2.26. The maximum absolute atomic E-state index is 12.7. The maximum Gasteiger partial charge on any atom is 0.408 e. The SMILES string of the molecule is O=Cc1ccncc1OCc1cccnc1-c1ccnn1CC(F)(F)F. The molecule has 3 aromatic rings. The van der Waals surface area contributed by atoms with Gasteiger partial charge in [-0.1, -0.05) is 6.07 Å². The van der Waals surface area contributed by atoms with Crippen molar-refractivity contribution in [1.82, 2.24) is 19.7 Å². The number of carbonyl (C=O) groups excluding carboxylic acids is 1. The minimum Gasteiger partial charge on any atom is -0.486 e. The van der Waals surface area contributed by atoms with Crippen molar-refractivity contribution < 1.29 is 22.7 Å². The molecule has 0 aromatic carbocycles. The fraction of sp³-hybridized carbons (Fsp3) is 0.176. The molecule has 9 heteroatoms. The molecule has 0 saturated heterocycles. The summed E-state index contributed by atoms with van der Waals surface area (Å²) >= 11 is 0. The summed E-state index contributed by atoms with van der Waals surface area (Å²) in [5, 5.41) is 3.72. The van der Waals surface area contributed by atoms with Crippen molar-refractivity contribution in [2.75, 3.05) is 0 Å². The molecule has 3 rings (SSSR count). The lowest BCUT2D eigenvalue weighted by Crippen LogP contribution is -2.19. The number of nitrogens with zero attached hydrogens (tertiary/aromatic N) is 4. The fourth-order valence-electron chi connectivity index (χ4n) is 2.38. The second-order valence-corrected chi connectivity index (χ2v) is 5.32. The summed E-state index contributed by atoms with van der Waals surface area (Å²) in [6.45, 7) is -1.21. The van der Waals surface area contributed by atoms with Gasteiger partial charge >= 0.3 is 6.18 Å². The highest BCUT2D eigenvalue weighted by Gasteiger charge is 2.30. The van der Waals surface area contributed by atoms with Crippen LogP contribution >= 0.6 is 0 Å². The molecule has 0 N–H and O–H groups in total. The van der Waals surface area contributed by atoms with Crippen LogP contribution in [0, 0.1) is 0 Å². The number of ether oxygens (including phenoxy) is 1. The first-order valence-corrected chi connectivity index (χ1v) is 7.53. The number of halogens is 3.